The summed E-state index contributed by atoms with van der Waals surface area (Å²) in [4.78, 5) is 15.5. The molecular weight excluding hydrogens is 320 g/mol. The Balaban J connectivity index is 1.98. The zero-order chi connectivity index (χ0) is 15.9. The van der Waals surface area contributed by atoms with Crippen LogP contribution in [0.25, 0.3) is 0 Å². The van der Waals surface area contributed by atoms with Crippen LogP contribution in [-0.2, 0) is 10.0 Å². The van der Waals surface area contributed by atoms with Gasteiger partial charge in [0.2, 0.25) is 0 Å². The summed E-state index contributed by atoms with van der Waals surface area (Å²) in [6.45, 7) is 0.114. The van der Waals surface area contributed by atoms with Crippen LogP contribution in [0.1, 0.15) is 21.3 Å². The van der Waals surface area contributed by atoms with Gasteiger partial charge in [-0.05, 0) is 37.7 Å². The first-order chi connectivity index (χ1) is 10.4. The first-order valence-corrected chi connectivity index (χ1v) is 9.11. The zero-order valence-electron chi connectivity index (χ0n) is 12.3. The van der Waals surface area contributed by atoms with Crippen molar-refractivity contribution in [2.45, 2.75) is 10.9 Å². The Morgan fingerprint density at radius 3 is 2.50 bits per heavy atom. The fourth-order valence-corrected chi connectivity index (χ4v) is 5.05. The lowest BCUT2D eigenvalue weighted by Crippen LogP contribution is -2.38. The first-order valence-electron chi connectivity index (χ1n) is 6.79. The van der Waals surface area contributed by atoms with E-state index >= 15 is 0 Å². The van der Waals surface area contributed by atoms with E-state index in [-0.39, 0.29) is 23.0 Å². The maximum atomic E-state index is 12.6. The summed E-state index contributed by atoms with van der Waals surface area (Å²) in [6.07, 6.45) is 0. The number of hydrogen-bond acceptors (Lipinski definition) is 5. The second-order valence-corrected chi connectivity index (χ2v) is 8.14. The van der Waals surface area contributed by atoms with Crippen molar-refractivity contribution in [1.82, 2.24) is 9.21 Å². The third kappa shape index (κ3) is 2.35. The fourth-order valence-electron chi connectivity index (χ4n) is 2.56. The molecule has 0 N–H and O–H groups in total. The van der Waals surface area contributed by atoms with Gasteiger partial charge in [0, 0.05) is 4.88 Å². The minimum absolute atomic E-state index is 0.101. The van der Waals surface area contributed by atoms with Crippen molar-refractivity contribution in [1.29, 1.82) is 0 Å². The molecule has 1 aliphatic heterocycles. The number of rotatable bonds is 4. The molecule has 0 aliphatic carbocycles. The number of thiophene rings is 1. The monoisotopic (exact) mass is 336 g/mol. The quantitative estimate of drug-likeness (QED) is 0.859. The highest BCUT2D eigenvalue weighted by Gasteiger charge is 2.42. The van der Waals surface area contributed by atoms with Crippen LogP contribution in [0.3, 0.4) is 0 Å². The molecule has 5 nitrogen and oxygen atoms in total. The van der Waals surface area contributed by atoms with Gasteiger partial charge >= 0.3 is 0 Å². The Morgan fingerprint density at radius 2 is 1.91 bits per heavy atom. The van der Waals surface area contributed by atoms with E-state index in [9.17, 15) is 13.2 Å². The molecule has 0 fully saturated rings. The third-order valence-corrected chi connectivity index (χ3v) is 6.53. The molecule has 0 saturated carbocycles. The van der Waals surface area contributed by atoms with Gasteiger partial charge in [0.1, 0.15) is 4.90 Å². The number of benzene rings is 1. The normalized spacial score (nSPS) is 17.8. The van der Waals surface area contributed by atoms with Crippen molar-refractivity contribution in [2.75, 3.05) is 20.6 Å². The van der Waals surface area contributed by atoms with Crippen LogP contribution in [0.5, 0.6) is 0 Å². The molecule has 1 unspecified atom stereocenters. The van der Waals surface area contributed by atoms with E-state index in [0.29, 0.717) is 0 Å². The molecule has 0 bridgehead atoms. The zero-order valence-corrected chi connectivity index (χ0v) is 13.9. The van der Waals surface area contributed by atoms with Crippen LogP contribution in [0.15, 0.2) is 46.7 Å². The fraction of sp³-hybridized carbons (Fsp3) is 0.267. The first kappa shape index (κ1) is 15.2. The van der Waals surface area contributed by atoms with Gasteiger partial charge in [-0.2, -0.15) is 0 Å². The lowest BCUT2D eigenvalue weighted by Gasteiger charge is -2.27. The van der Waals surface area contributed by atoms with Crippen LogP contribution >= 0.6 is 11.3 Å². The van der Waals surface area contributed by atoms with Gasteiger partial charge in [-0.1, -0.05) is 18.2 Å². The number of carbonyl (C=O) groups is 1. The summed E-state index contributed by atoms with van der Waals surface area (Å²) in [6, 6.07) is 10.1. The summed E-state index contributed by atoms with van der Waals surface area (Å²) in [5.74, 6) is -0.445. The second-order valence-electron chi connectivity index (χ2n) is 5.33. The van der Waals surface area contributed by atoms with E-state index in [4.69, 9.17) is 0 Å². The Morgan fingerprint density at radius 1 is 1.18 bits per heavy atom. The summed E-state index contributed by atoms with van der Waals surface area (Å²) in [5, 5.41) is 1.95. The van der Waals surface area contributed by atoms with E-state index in [2.05, 4.69) is 0 Å². The number of likely N-dealkylation sites (N-methyl/N-ethyl adjacent to an activating group) is 1. The van der Waals surface area contributed by atoms with Gasteiger partial charge in [0.25, 0.3) is 15.9 Å². The minimum Gasteiger partial charge on any atom is -0.300 e. The molecule has 1 amide bonds. The average Bonchev–Trinajstić information content (AvgIpc) is 3.06. The van der Waals surface area contributed by atoms with Crippen LogP contribution in [0.2, 0.25) is 0 Å². The van der Waals surface area contributed by atoms with E-state index in [0.717, 1.165) is 9.18 Å². The summed E-state index contributed by atoms with van der Waals surface area (Å²) < 4.78 is 26.2. The Bertz CT molecular complexity index is 798. The van der Waals surface area contributed by atoms with Crippen molar-refractivity contribution < 1.29 is 13.2 Å². The summed E-state index contributed by atoms with van der Waals surface area (Å²) in [7, 11) is 0.00584. The number of amides is 1. The number of hydrogen-bond donors (Lipinski definition) is 0. The highest BCUT2D eigenvalue weighted by atomic mass is 32.2. The van der Waals surface area contributed by atoms with E-state index < -0.39 is 15.9 Å². The van der Waals surface area contributed by atoms with Crippen LogP contribution in [0.4, 0.5) is 0 Å². The molecule has 1 aliphatic rings. The topological polar surface area (TPSA) is 57.7 Å². The molecule has 1 aromatic heterocycles. The van der Waals surface area contributed by atoms with Crippen molar-refractivity contribution in [2.24, 2.45) is 0 Å². The molecule has 0 saturated heterocycles. The maximum absolute atomic E-state index is 12.6. The molecule has 1 atom stereocenters. The van der Waals surface area contributed by atoms with Crippen molar-refractivity contribution in [3.63, 3.8) is 0 Å². The number of nitrogens with zero attached hydrogens (tertiary/aromatic N) is 2. The molecular formula is C15H16N2O3S2. The van der Waals surface area contributed by atoms with Crippen molar-refractivity contribution in [3.8, 4) is 0 Å². The van der Waals surface area contributed by atoms with Crippen LogP contribution < -0.4 is 0 Å². The predicted octanol–water partition coefficient (Wildman–Crippen LogP) is 2.20. The SMILES string of the molecule is CN(C)C(CN1C(=O)c2ccccc2S1(=O)=O)c1cccs1. The molecule has 0 radical (unpaired) electrons. The molecule has 116 valence electrons. The van der Waals surface area contributed by atoms with E-state index in [1.807, 2.05) is 36.5 Å². The van der Waals surface area contributed by atoms with E-state index in [1.165, 1.54) is 6.07 Å². The van der Waals surface area contributed by atoms with Gasteiger partial charge in [-0.25, -0.2) is 12.7 Å². The van der Waals surface area contributed by atoms with Gasteiger partial charge < -0.3 is 4.90 Å². The molecule has 22 heavy (non-hydrogen) atoms. The predicted molar refractivity (Wildman–Crippen MR) is 85.4 cm³/mol. The highest BCUT2D eigenvalue weighted by molar-refractivity contribution is 7.90. The lowest BCUT2D eigenvalue weighted by molar-refractivity contribution is 0.0846. The number of fused-ring (bicyclic) bond motifs is 1. The highest BCUT2D eigenvalue weighted by Crippen LogP contribution is 2.33. The molecule has 7 heteroatoms. The molecule has 0 spiro atoms. The number of carbonyl (C=O) groups excluding carboxylic acids is 1. The van der Waals surface area contributed by atoms with Gasteiger partial charge in [0.15, 0.2) is 0 Å². The molecule has 2 aromatic rings. The third-order valence-electron chi connectivity index (χ3n) is 3.75. The second kappa shape index (κ2) is 5.49. The Labute approximate surface area is 133 Å². The largest absolute Gasteiger partial charge is 0.300 e. The summed E-state index contributed by atoms with van der Waals surface area (Å²) >= 11 is 1.55. The summed E-state index contributed by atoms with van der Waals surface area (Å²) in [5.41, 5.74) is 0.256. The average molecular weight is 336 g/mol. The smallest absolute Gasteiger partial charge is 0.269 e. The van der Waals surface area contributed by atoms with Gasteiger partial charge in [-0.15, -0.1) is 11.3 Å². The number of sulfonamides is 1. The lowest BCUT2D eigenvalue weighted by atomic mass is 10.2. The Kier molecular flexibility index (Phi) is 3.80. The minimum atomic E-state index is -3.75. The van der Waals surface area contributed by atoms with Crippen LogP contribution in [0, 0.1) is 0 Å². The van der Waals surface area contributed by atoms with Crippen LogP contribution in [-0.4, -0.2) is 44.2 Å². The molecule has 2 heterocycles. The maximum Gasteiger partial charge on any atom is 0.269 e. The standard InChI is InChI=1S/C15H16N2O3S2/c1-16(2)12(13-7-5-9-21-13)10-17-15(18)11-6-3-4-8-14(11)22(17,19)20/h3-9,12H,10H2,1-2H3. The van der Waals surface area contributed by atoms with Gasteiger partial charge in [0.05, 0.1) is 18.2 Å². The molecule has 1 aromatic carbocycles. The Hall–Kier alpha value is -1.70. The van der Waals surface area contributed by atoms with E-state index in [1.54, 1.807) is 29.5 Å². The van der Waals surface area contributed by atoms with Crippen molar-refractivity contribution >= 4 is 27.3 Å². The van der Waals surface area contributed by atoms with Gasteiger partial charge in [-0.3, -0.25) is 4.79 Å². The molecule has 3 rings (SSSR count). The van der Waals surface area contributed by atoms with Crippen molar-refractivity contribution in [3.05, 3.63) is 52.2 Å².